The molecule has 35 heavy (non-hydrogen) atoms. The monoisotopic (exact) mass is 497 g/mol. The number of H-pyrrole nitrogens is 1. The number of aromatic amines is 1. The third-order valence-corrected chi connectivity index (χ3v) is 7.84. The van der Waals surface area contributed by atoms with Crippen molar-refractivity contribution in [3.63, 3.8) is 0 Å². The molecule has 9 nitrogen and oxygen atoms in total. The summed E-state index contributed by atoms with van der Waals surface area (Å²) in [6.07, 6.45) is 0. The lowest BCUT2D eigenvalue weighted by molar-refractivity contribution is -0.123. The molecule has 1 atom stereocenters. The summed E-state index contributed by atoms with van der Waals surface area (Å²) in [5, 5.41) is 3.80. The number of hydrogen-bond donors (Lipinski definition) is 2. The van der Waals surface area contributed by atoms with E-state index in [-0.39, 0.29) is 17.5 Å². The predicted octanol–water partition coefficient (Wildman–Crippen LogP) is 2.37. The molecule has 5 rings (SSSR count). The summed E-state index contributed by atoms with van der Waals surface area (Å²) in [4.78, 5) is 39.2. The summed E-state index contributed by atoms with van der Waals surface area (Å²) in [6, 6.07) is 5.67. The largest absolute Gasteiger partial charge is 0.486 e. The molecule has 0 unspecified atom stereocenters. The minimum Gasteiger partial charge on any atom is -0.486 e. The van der Waals surface area contributed by atoms with Crippen LogP contribution in [0.25, 0.3) is 10.2 Å². The van der Waals surface area contributed by atoms with E-state index in [0.717, 1.165) is 58.5 Å². The summed E-state index contributed by atoms with van der Waals surface area (Å²) >= 11 is 1.57. The average molecular weight is 498 g/mol. The van der Waals surface area contributed by atoms with Gasteiger partial charge in [0.15, 0.2) is 11.5 Å². The van der Waals surface area contributed by atoms with Crippen molar-refractivity contribution in [2.24, 2.45) is 0 Å². The van der Waals surface area contributed by atoms with Crippen LogP contribution >= 0.6 is 11.3 Å². The molecule has 0 saturated carbocycles. The molecule has 1 aromatic carbocycles. The molecule has 2 aromatic heterocycles. The summed E-state index contributed by atoms with van der Waals surface area (Å²) in [5.41, 5.74) is 1.94. The highest BCUT2D eigenvalue weighted by atomic mass is 32.1. The van der Waals surface area contributed by atoms with Gasteiger partial charge in [0.1, 0.15) is 23.9 Å². The SMILES string of the molecule is Cc1sc2nc(CN3CCN(CC(=O)N[C@@H](C)c4ccc5c(c4)OCCO5)CC3)[nH]c(=O)c2c1C. The van der Waals surface area contributed by atoms with Crippen molar-refractivity contribution in [2.45, 2.75) is 33.4 Å². The zero-order valence-corrected chi connectivity index (χ0v) is 21.2. The van der Waals surface area contributed by atoms with Gasteiger partial charge in [0.25, 0.3) is 5.56 Å². The third kappa shape index (κ3) is 5.19. The fraction of sp³-hybridized carbons (Fsp3) is 0.480. The van der Waals surface area contributed by atoms with Gasteiger partial charge in [-0.05, 0) is 44.0 Å². The van der Waals surface area contributed by atoms with E-state index in [1.54, 1.807) is 11.3 Å². The lowest BCUT2D eigenvalue weighted by Crippen LogP contribution is -2.49. The van der Waals surface area contributed by atoms with E-state index in [0.29, 0.717) is 37.5 Å². The van der Waals surface area contributed by atoms with E-state index >= 15 is 0 Å². The number of aryl methyl sites for hydroxylation is 2. The van der Waals surface area contributed by atoms with Crippen molar-refractivity contribution in [2.75, 3.05) is 45.9 Å². The van der Waals surface area contributed by atoms with Crippen molar-refractivity contribution >= 4 is 27.5 Å². The first-order chi connectivity index (χ1) is 16.9. The molecule has 2 aliphatic heterocycles. The first kappa shape index (κ1) is 23.8. The zero-order valence-electron chi connectivity index (χ0n) is 20.3. The molecule has 1 fully saturated rings. The first-order valence-electron chi connectivity index (χ1n) is 12.0. The second kappa shape index (κ2) is 9.96. The van der Waals surface area contributed by atoms with E-state index in [4.69, 9.17) is 14.5 Å². The third-order valence-electron chi connectivity index (χ3n) is 6.74. The number of hydrogen-bond acceptors (Lipinski definition) is 8. The Morgan fingerprint density at radius 2 is 1.86 bits per heavy atom. The van der Waals surface area contributed by atoms with E-state index in [1.807, 2.05) is 39.0 Å². The quantitative estimate of drug-likeness (QED) is 0.539. The van der Waals surface area contributed by atoms with Gasteiger partial charge in [0.2, 0.25) is 5.91 Å². The van der Waals surface area contributed by atoms with Crippen LogP contribution in [0.15, 0.2) is 23.0 Å². The molecule has 4 heterocycles. The molecule has 0 spiro atoms. The van der Waals surface area contributed by atoms with Crippen LogP contribution in [0.3, 0.4) is 0 Å². The maximum atomic E-state index is 12.7. The number of amides is 1. The molecule has 1 amide bonds. The normalized spacial score (nSPS) is 17.5. The molecule has 186 valence electrons. The van der Waals surface area contributed by atoms with Gasteiger partial charge in [-0.25, -0.2) is 4.98 Å². The van der Waals surface area contributed by atoms with Gasteiger partial charge in [0.05, 0.1) is 24.5 Å². The Kier molecular flexibility index (Phi) is 6.77. The number of fused-ring (bicyclic) bond motifs is 2. The van der Waals surface area contributed by atoms with Crippen molar-refractivity contribution in [1.82, 2.24) is 25.1 Å². The Balaban J connectivity index is 1.11. The fourth-order valence-electron chi connectivity index (χ4n) is 4.59. The number of piperazine rings is 1. The number of nitrogens with zero attached hydrogens (tertiary/aromatic N) is 3. The number of rotatable bonds is 6. The van der Waals surface area contributed by atoms with Crippen LogP contribution < -0.4 is 20.3 Å². The Morgan fingerprint density at radius 1 is 1.14 bits per heavy atom. The van der Waals surface area contributed by atoms with Gasteiger partial charge >= 0.3 is 0 Å². The lowest BCUT2D eigenvalue weighted by Gasteiger charge is -2.34. The van der Waals surface area contributed by atoms with Crippen molar-refractivity contribution in [3.8, 4) is 11.5 Å². The fourth-order valence-corrected chi connectivity index (χ4v) is 5.64. The molecule has 2 N–H and O–H groups in total. The zero-order chi connectivity index (χ0) is 24.5. The highest BCUT2D eigenvalue weighted by Gasteiger charge is 2.22. The van der Waals surface area contributed by atoms with Crippen LogP contribution in [0.5, 0.6) is 11.5 Å². The molecule has 0 aliphatic carbocycles. The Labute approximate surface area is 208 Å². The molecule has 10 heteroatoms. The minimum atomic E-state index is -0.123. The molecule has 3 aromatic rings. The molecule has 0 bridgehead atoms. The number of thiophene rings is 1. The van der Waals surface area contributed by atoms with E-state index in [9.17, 15) is 9.59 Å². The summed E-state index contributed by atoms with van der Waals surface area (Å²) in [7, 11) is 0. The van der Waals surface area contributed by atoms with Crippen LogP contribution in [0.2, 0.25) is 0 Å². The summed E-state index contributed by atoms with van der Waals surface area (Å²) in [6.45, 7) is 11.2. The van der Waals surface area contributed by atoms with Gasteiger partial charge < -0.3 is 19.8 Å². The number of ether oxygens (including phenoxy) is 2. The Morgan fingerprint density at radius 3 is 2.63 bits per heavy atom. The Hall–Kier alpha value is -2.95. The Bertz CT molecular complexity index is 1290. The van der Waals surface area contributed by atoms with Gasteiger partial charge in [-0.15, -0.1) is 11.3 Å². The lowest BCUT2D eigenvalue weighted by atomic mass is 10.1. The number of benzene rings is 1. The number of aromatic nitrogens is 2. The van der Waals surface area contributed by atoms with Crippen molar-refractivity contribution < 1.29 is 14.3 Å². The van der Waals surface area contributed by atoms with E-state index < -0.39 is 0 Å². The highest BCUT2D eigenvalue weighted by molar-refractivity contribution is 7.18. The average Bonchev–Trinajstić information content (AvgIpc) is 3.13. The smallest absolute Gasteiger partial charge is 0.259 e. The number of nitrogens with one attached hydrogen (secondary N) is 2. The number of carbonyl (C=O) groups excluding carboxylic acids is 1. The van der Waals surface area contributed by atoms with Gasteiger partial charge in [0, 0.05) is 31.1 Å². The summed E-state index contributed by atoms with van der Waals surface area (Å²) in [5.74, 6) is 2.17. The molecule has 1 saturated heterocycles. The van der Waals surface area contributed by atoms with Crippen LogP contribution in [0.1, 0.15) is 34.8 Å². The van der Waals surface area contributed by atoms with Crippen LogP contribution in [-0.4, -0.2) is 71.6 Å². The van der Waals surface area contributed by atoms with Crippen LogP contribution in [-0.2, 0) is 11.3 Å². The maximum absolute atomic E-state index is 12.7. The topological polar surface area (TPSA) is 99.8 Å². The molecule has 2 aliphatic rings. The summed E-state index contributed by atoms with van der Waals surface area (Å²) < 4.78 is 11.2. The standard InChI is InChI=1S/C25H31N5O4S/c1-15-17(3)35-25-23(15)24(32)27-21(28-25)13-29-6-8-30(9-7-29)14-22(31)26-16(2)18-4-5-19-20(12-18)34-11-10-33-19/h4-5,12,16H,6-11,13-14H2,1-3H3,(H,26,31)(H,27,28,32)/t16-/m0/s1. The van der Waals surface area contributed by atoms with Gasteiger partial charge in [-0.2, -0.15) is 0 Å². The van der Waals surface area contributed by atoms with Gasteiger partial charge in [-0.3, -0.25) is 19.4 Å². The van der Waals surface area contributed by atoms with E-state index in [2.05, 4.69) is 20.1 Å². The molecular formula is C25H31N5O4S. The second-order valence-corrected chi connectivity index (χ2v) is 10.4. The van der Waals surface area contributed by atoms with Crippen LogP contribution in [0.4, 0.5) is 0 Å². The second-order valence-electron chi connectivity index (χ2n) is 9.22. The predicted molar refractivity (Wildman–Crippen MR) is 135 cm³/mol. The van der Waals surface area contributed by atoms with Crippen molar-refractivity contribution in [3.05, 3.63) is 50.4 Å². The molecular weight excluding hydrogens is 466 g/mol. The van der Waals surface area contributed by atoms with Crippen molar-refractivity contribution in [1.29, 1.82) is 0 Å². The number of carbonyl (C=O) groups is 1. The first-order valence-corrected chi connectivity index (χ1v) is 12.8. The van der Waals surface area contributed by atoms with Crippen LogP contribution in [0, 0.1) is 13.8 Å². The highest BCUT2D eigenvalue weighted by Crippen LogP contribution is 2.32. The minimum absolute atomic E-state index is 0.000669. The molecule has 0 radical (unpaired) electrons. The maximum Gasteiger partial charge on any atom is 0.259 e. The van der Waals surface area contributed by atoms with E-state index in [1.165, 1.54) is 0 Å². The van der Waals surface area contributed by atoms with Gasteiger partial charge in [-0.1, -0.05) is 6.07 Å².